The van der Waals surface area contributed by atoms with E-state index in [0.29, 0.717) is 35.6 Å². The molecule has 0 bridgehead atoms. The highest BCUT2D eigenvalue weighted by atomic mass is 19.1. The number of anilines is 1. The van der Waals surface area contributed by atoms with E-state index in [2.05, 4.69) is 4.90 Å². The summed E-state index contributed by atoms with van der Waals surface area (Å²) in [7, 11) is 2.04. The summed E-state index contributed by atoms with van der Waals surface area (Å²) >= 11 is 0. The molecule has 2 aliphatic rings. The molecule has 2 N–H and O–H groups in total. The van der Waals surface area contributed by atoms with Gasteiger partial charge in [0.2, 0.25) is 0 Å². The van der Waals surface area contributed by atoms with Crippen molar-refractivity contribution in [2.45, 2.75) is 13.0 Å². The smallest absolute Gasteiger partial charge is 0.274 e. The van der Waals surface area contributed by atoms with Crippen LogP contribution in [0.15, 0.2) is 41.2 Å². The zero-order chi connectivity index (χ0) is 23.1. The first-order chi connectivity index (χ1) is 15.9. The van der Waals surface area contributed by atoms with Crippen molar-refractivity contribution < 1.29 is 14.4 Å². The van der Waals surface area contributed by atoms with Gasteiger partial charge in [0.1, 0.15) is 11.6 Å². The minimum absolute atomic E-state index is 0.239. The number of hydroxylamine groups is 1. The fraction of sp³-hybridized carbons (Fsp3) is 0.292. The van der Waals surface area contributed by atoms with E-state index in [-0.39, 0.29) is 10.9 Å². The summed E-state index contributed by atoms with van der Waals surface area (Å²) in [6.07, 6.45) is 2.56. The molecule has 0 atom stereocenters. The molecule has 33 heavy (non-hydrogen) atoms. The fourth-order valence-corrected chi connectivity index (χ4v) is 4.45. The molecule has 2 aliphatic heterocycles. The van der Waals surface area contributed by atoms with Gasteiger partial charge in [0.25, 0.3) is 11.5 Å². The molecule has 1 fully saturated rings. The van der Waals surface area contributed by atoms with Gasteiger partial charge in [-0.05, 0) is 54.9 Å². The van der Waals surface area contributed by atoms with Crippen LogP contribution in [0, 0.1) is 5.82 Å². The van der Waals surface area contributed by atoms with E-state index < -0.39 is 11.7 Å². The van der Waals surface area contributed by atoms with Crippen molar-refractivity contribution in [1.29, 1.82) is 0 Å². The van der Waals surface area contributed by atoms with E-state index in [1.807, 2.05) is 18.0 Å². The molecule has 2 aromatic carbocycles. The predicted octanol–water partition coefficient (Wildman–Crippen LogP) is 2.35. The standard InChI is InChI=1S/C24H24FN5O3/c1-28-8-10-29(11-9-28)21-14-20-18(13-19(21)25)24(32)30-7-6-17(22(30)26-20)12-15-2-4-16(5-3-15)23(31)27-33/h2-5,12-14,33H,6-11H2,1H3,(H,27,31)/b17-12+. The van der Waals surface area contributed by atoms with Gasteiger partial charge >= 0.3 is 0 Å². The Morgan fingerprint density at radius 2 is 1.85 bits per heavy atom. The normalized spacial score (nSPS) is 17.5. The number of carbonyl (C=O) groups excluding carboxylic acids is 1. The third-order valence-corrected chi connectivity index (χ3v) is 6.37. The molecule has 5 rings (SSSR count). The van der Waals surface area contributed by atoms with Crippen LogP contribution in [0.2, 0.25) is 0 Å². The zero-order valence-corrected chi connectivity index (χ0v) is 18.2. The van der Waals surface area contributed by atoms with Crippen LogP contribution in [0.3, 0.4) is 0 Å². The number of likely N-dealkylation sites (N-methyl/N-ethyl adjacent to an activating group) is 1. The Labute approximate surface area is 189 Å². The lowest BCUT2D eigenvalue weighted by molar-refractivity contribution is 0.0706. The quantitative estimate of drug-likeness (QED) is 0.471. The molecule has 170 valence electrons. The molecular formula is C24H24FN5O3. The van der Waals surface area contributed by atoms with E-state index in [4.69, 9.17) is 10.2 Å². The van der Waals surface area contributed by atoms with Crippen LogP contribution in [-0.2, 0) is 6.54 Å². The van der Waals surface area contributed by atoms with Crippen LogP contribution >= 0.6 is 0 Å². The highest BCUT2D eigenvalue weighted by Crippen LogP contribution is 2.30. The molecule has 3 heterocycles. The average molecular weight is 449 g/mol. The van der Waals surface area contributed by atoms with Gasteiger partial charge in [-0.1, -0.05) is 12.1 Å². The van der Waals surface area contributed by atoms with Gasteiger partial charge in [0.15, 0.2) is 0 Å². The van der Waals surface area contributed by atoms with Gasteiger partial charge in [-0.15, -0.1) is 0 Å². The summed E-state index contributed by atoms with van der Waals surface area (Å²) in [4.78, 5) is 33.6. The lowest BCUT2D eigenvalue weighted by atomic mass is 10.1. The van der Waals surface area contributed by atoms with Gasteiger partial charge in [0.05, 0.1) is 16.6 Å². The molecule has 0 radical (unpaired) electrons. The number of hydrogen-bond acceptors (Lipinski definition) is 6. The first-order valence-corrected chi connectivity index (χ1v) is 10.9. The summed E-state index contributed by atoms with van der Waals surface area (Å²) in [6, 6.07) is 9.76. The van der Waals surface area contributed by atoms with Gasteiger partial charge in [-0.25, -0.2) is 14.9 Å². The van der Waals surface area contributed by atoms with Crippen molar-refractivity contribution in [1.82, 2.24) is 19.9 Å². The number of amides is 1. The van der Waals surface area contributed by atoms with Gasteiger partial charge in [-0.3, -0.25) is 19.4 Å². The van der Waals surface area contributed by atoms with E-state index in [0.717, 1.165) is 37.3 Å². The van der Waals surface area contributed by atoms with E-state index in [9.17, 15) is 14.0 Å². The number of nitrogens with one attached hydrogen (secondary N) is 1. The van der Waals surface area contributed by atoms with E-state index >= 15 is 0 Å². The molecular weight excluding hydrogens is 425 g/mol. The predicted molar refractivity (Wildman–Crippen MR) is 124 cm³/mol. The Balaban J connectivity index is 1.53. The van der Waals surface area contributed by atoms with E-state index in [1.54, 1.807) is 40.4 Å². The molecule has 3 aromatic rings. The van der Waals surface area contributed by atoms with Crippen molar-refractivity contribution in [3.8, 4) is 0 Å². The summed E-state index contributed by atoms with van der Waals surface area (Å²) in [5.41, 5.74) is 4.43. The highest BCUT2D eigenvalue weighted by Gasteiger charge is 2.24. The number of piperazine rings is 1. The van der Waals surface area contributed by atoms with Crippen molar-refractivity contribution in [3.05, 3.63) is 69.5 Å². The Morgan fingerprint density at radius 3 is 2.55 bits per heavy atom. The Morgan fingerprint density at radius 1 is 1.12 bits per heavy atom. The number of hydrogen-bond donors (Lipinski definition) is 2. The molecule has 8 nitrogen and oxygen atoms in total. The molecule has 0 spiro atoms. The van der Waals surface area contributed by atoms with Crippen molar-refractivity contribution in [3.63, 3.8) is 0 Å². The number of allylic oxidation sites excluding steroid dienone is 1. The zero-order valence-electron chi connectivity index (χ0n) is 18.2. The summed E-state index contributed by atoms with van der Waals surface area (Å²) in [5.74, 6) is -0.392. The maximum atomic E-state index is 14.9. The van der Waals surface area contributed by atoms with Gasteiger partial charge < -0.3 is 9.80 Å². The second-order valence-electron chi connectivity index (χ2n) is 8.49. The maximum absolute atomic E-state index is 14.9. The first kappa shape index (κ1) is 21.3. The second-order valence-corrected chi connectivity index (χ2v) is 8.49. The van der Waals surface area contributed by atoms with Crippen LogP contribution in [0.25, 0.3) is 22.6 Å². The van der Waals surface area contributed by atoms with Crippen molar-refractivity contribution in [2.75, 3.05) is 38.1 Å². The SMILES string of the molecule is CN1CCN(c2cc3nc4n(c(=O)c3cc2F)CC/C4=C\c2ccc(C(=O)NO)cc2)CC1. The monoisotopic (exact) mass is 449 g/mol. The number of fused-ring (bicyclic) bond motifs is 2. The Kier molecular flexibility index (Phi) is 5.43. The molecule has 0 saturated carbocycles. The van der Waals surface area contributed by atoms with Crippen molar-refractivity contribution >= 4 is 34.1 Å². The fourth-order valence-electron chi connectivity index (χ4n) is 4.45. The minimum Gasteiger partial charge on any atom is -0.367 e. The van der Waals surface area contributed by atoms with Crippen LogP contribution in [0.4, 0.5) is 10.1 Å². The Hall–Kier alpha value is -3.56. The summed E-state index contributed by atoms with van der Waals surface area (Å²) < 4.78 is 16.5. The maximum Gasteiger partial charge on any atom is 0.274 e. The molecule has 9 heteroatoms. The number of carbonyl (C=O) groups is 1. The second kappa shape index (κ2) is 8.42. The molecule has 0 aliphatic carbocycles. The largest absolute Gasteiger partial charge is 0.367 e. The number of aromatic nitrogens is 2. The van der Waals surface area contributed by atoms with Gasteiger partial charge in [-0.2, -0.15) is 0 Å². The molecule has 1 amide bonds. The molecule has 1 saturated heterocycles. The van der Waals surface area contributed by atoms with Crippen LogP contribution in [0.1, 0.15) is 28.2 Å². The van der Waals surface area contributed by atoms with E-state index in [1.165, 1.54) is 6.07 Å². The summed E-state index contributed by atoms with van der Waals surface area (Å²) in [6.45, 7) is 3.62. The molecule has 1 aromatic heterocycles. The van der Waals surface area contributed by atoms with Crippen LogP contribution < -0.4 is 15.9 Å². The number of halogens is 1. The minimum atomic E-state index is -0.580. The van der Waals surface area contributed by atoms with Crippen molar-refractivity contribution in [2.24, 2.45) is 0 Å². The summed E-state index contributed by atoms with van der Waals surface area (Å²) in [5, 5.41) is 9.05. The van der Waals surface area contributed by atoms with Crippen LogP contribution in [-0.4, -0.2) is 58.8 Å². The average Bonchev–Trinajstić information content (AvgIpc) is 3.22. The highest BCUT2D eigenvalue weighted by molar-refractivity contribution is 5.94. The van der Waals surface area contributed by atoms with Crippen LogP contribution in [0.5, 0.6) is 0 Å². The third kappa shape index (κ3) is 3.90. The lowest BCUT2D eigenvalue weighted by Crippen LogP contribution is -2.44. The lowest BCUT2D eigenvalue weighted by Gasteiger charge is -2.34. The first-order valence-electron chi connectivity index (χ1n) is 10.9. The topological polar surface area (TPSA) is 90.7 Å². The molecule has 0 unspecified atom stereocenters. The third-order valence-electron chi connectivity index (χ3n) is 6.37. The number of benzene rings is 2. The number of nitrogens with zero attached hydrogens (tertiary/aromatic N) is 4. The van der Waals surface area contributed by atoms with Gasteiger partial charge in [0, 0.05) is 38.3 Å². The number of rotatable bonds is 3. The Bertz CT molecular complexity index is 1320.